The van der Waals surface area contributed by atoms with Crippen molar-refractivity contribution in [3.8, 4) is 0 Å². The van der Waals surface area contributed by atoms with Crippen LogP contribution in [-0.2, 0) is 11.3 Å². The van der Waals surface area contributed by atoms with Gasteiger partial charge in [-0.05, 0) is 18.6 Å². The first-order chi connectivity index (χ1) is 10.2. The topological polar surface area (TPSA) is 66.9 Å². The van der Waals surface area contributed by atoms with Crippen molar-refractivity contribution in [2.75, 3.05) is 11.9 Å². The van der Waals surface area contributed by atoms with Crippen molar-refractivity contribution in [3.05, 3.63) is 53.6 Å². The average molecular weight is 282 g/mol. The summed E-state index contributed by atoms with van der Waals surface area (Å²) in [6, 6.07) is 8.15. The number of anilines is 1. The van der Waals surface area contributed by atoms with Crippen LogP contribution in [0, 0.1) is 6.92 Å². The molecule has 0 saturated heterocycles. The zero-order chi connectivity index (χ0) is 14.7. The van der Waals surface area contributed by atoms with Gasteiger partial charge in [0.1, 0.15) is 0 Å². The molecule has 1 aliphatic rings. The molecule has 1 aliphatic heterocycles. The predicted octanol–water partition coefficient (Wildman–Crippen LogP) is 2.00. The lowest BCUT2D eigenvalue weighted by Crippen LogP contribution is -2.25. The predicted molar refractivity (Wildman–Crippen MR) is 80.9 cm³/mol. The van der Waals surface area contributed by atoms with Crippen molar-refractivity contribution in [3.63, 3.8) is 0 Å². The Bertz CT molecular complexity index is 639. The first-order valence-corrected chi connectivity index (χ1v) is 7.09. The number of carbonyl (C=O) groups is 1. The smallest absolute Gasteiger partial charge is 0.221 e. The lowest BCUT2D eigenvalue weighted by atomic mass is 9.97. The van der Waals surface area contributed by atoms with Crippen molar-refractivity contribution >= 4 is 11.6 Å². The van der Waals surface area contributed by atoms with Gasteiger partial charge < -0.3 is 10.6 Å². The minimum absolute atomic E-state index is 0.0425. The molecule has 0 bridgehead atoms. The molecule has 1 aromatic heterocycles. The first-order valence-electron chi connectivity index (χ1n) is 7.09. The van der Waals surface area contributed by atoms with Crippen LogP contribution in [0.25, 0.3) is 0 Å². The molecule has 2 N–H and O–H groups in total. The molecule has 108 valence electrons. The second-order valence-corrected chi connectivity index (χ2v) is 5.30. The number of amides is 1. The Hall–Kier alpha value is -2.43. The number of hydrogen-bond donors (Lipinski definition) is 2. The fraction of sp³-hybridized carbons (Fsp3) is 0.312. The average Bonchev–Trinajstić information content (AvgIpc) is 2.90. The molecule has 5 nitrogen and oxygen atoms in total. The standard InChI is InChI=1S/C16H18N4O/c1-11-7-18-13(9-17-11)10-20-16(21)6-12-8-19-15-5-3-2-4-14(12)15/h2-5,7,9,12,19H,6,8,10H2,1H3,(H,20,21). The number of fused-ring (bicyclic) bond motifs is 1. The number of aryl methyl sites for hydroxylation is 1. The van der Waals surface area contributed by atoms with Crippen LogP contribution >= 0.6 is 0 Å². The normalized spacial score (nSPS) is 16.1. The Balaban J connectivity index is 1.54. The van der Waals surface area contributed by atoms with Crippen molar-refractivity contribution in [1.82, 2.24) is 15.3 Å². The highest BCUT2D eigenvalue weighted by Crippen LogP contribution is 2.32. The monoisotopic (exact) mass is 282 g/mol. The largest absolute Gasteiger partial charge is 0.384 e. The lowest BCUT2D eigenvalue weighted by Gasteiger charge is -2.10. The Kier molecular flexibility index (Phi) is 3.81. The van der Waals surface area contributed by atoms with E-state index < -0.39 is 0 Å². The fourth-order valence-corrected chi connectivity index (χ4v) is 2.53. The van der Waals surface area contributed by atoms with E-state index in [9.17, 15) is 4.79 Å². The van der Waals surface area contributed by atoms with E-state index in [0.717, 1.165) is 23.6 Å². The molecule has 21 heavy (non-hydrogen) atoms. The Morgan fingerprint density at radius 2 is 2.19 bits per heavy atom. The van der Waals surface area contributed by atoms with E-state index in [1.54, 1.807) is 12.4 Å². The van der Waals surface area contributed by atoms with Gasteiger partial charge in [-0.25, -0.2) is 0 Å². The highest BCUT2D eigenvalue weighted by Gasteiger charge is 2.23. The van der Waals surface area contributed by atoms with Crippen LogP contribution in [0.1, 0.15) is 29.3 Å². The third-order valence-corrected chi connectivity index (χ3v) is 3.67. The van der Waals surface area contributed by atoms with Crippen LogP contribution in [0.5, 0.6) is 0 Å². The van der Waals surface area contributed by atoms with E-state index >= 15 is 0 Å². The van der Waals surface area contributed by atoms with Crippen LogP contribution in [0.15, 0.2) is 36.7 Å². The molecule has 1 atom stereocenters. The van der Waals surface area contributed by atoms with Gasteiger partial charge in [-0.3, -0.25) is 14.8 Å². The number of aromatic nitrogens is 2. The molecule has 0 radical (unpaired) electrons. The number of benzene rings is 1. The minimum Gasteiger partial charge on any atom is -0.384 e. The Labute approximate surface area is 123 Å². The first kappa shape index (κ1) is 13.5. The van der Waals surface area contributed by atoms with Gasteiger partial charge in [0.15, 0.2) is 0 Å². The van der Waals surface area contributed by atoms with E-state index in [2.05, 4.69) is 32.7 Å². The minimum atomic E-state index is 0.0425. The Morgan fingerprint density at radius 3 is 3.00 bits per heavy atom. The number of nitrogens with one attached hydrogen (secondary N) is 2. The lowest BCUT2D eigenvalue weighted by molar-refractivity contribution is -0.121. The molecule has 3 rings (SSSR count). The summed E-state index contributed by atoms with van der Waals surface area (Å²) in [4.78, 5) is 20.5. The van der Waals surface area contributed by atoms with Crippen molar-refractivity contribution < 1.29 is 4.79 Å². The summed E-state index contributed by atoms with van der Waals surface area (Å²) in [6.45, 7) is 3.13. The van der Waals surface area contributed by atoms with Crippen LogP contribution in [-0.4, -0.2) is 22.4 Å². The summed E-state index contributed by atoms with van der Waals surface area (Å²) < 4.78 is 0. The van der Waals surface area contributed by atoms with Crippen molar-refractivity contribution in [1.29, 1.82) is 0 Å². The molecule has 1 aromatic carbocycles. The molecule has 2 heterocycles. The van der Waals surface area contributed by atoms with Gasteiger partial charge >= 0.3 is 0 Å². The Morgan fingerprint density at radius 1 is 1.33 bits per heavy atom. The van der Waals surface area contributed by atoms with E-state index in [-0.39, 0.29) is 11.8 Å². The maximum Gasteiger partial charge on any atom is 0.221 e. The number of rotatable bonds is 4. The van der Waals surface area contributed by atoms with E-state index in [4.69, 9.17) is 0 Å². The fourth-order valence-electron chi connectivity index (χ4n) is 2.53. The van der Waals surface area contributed by atoms with Gasteiger partial charge in [0.05, 0.1) is 24.1 Å². The van der Waals surface area contributed by atoms with E-state index in [1.807, 2.05) is 19.1 Å². The molecule has 5 heteroatoms. The SMILES string of the molecule is Cc1cnc(CNC(=O)CC2CNc3ccccc32)cn1. The molecule has 1 unspecified atom stereocenters. The number of nitrogens with zero attached hydrogens (tertiary/aromatic N) is 2. The number of hydrogen-bond acceptors (Lipinski definition) is 4. The summed E-state index contributed by atoms with van der Waals surface area (Å²) in [5, 5.41) is 6.24. The quantitative estimate of drug-likeness (QED) is 0.900. The summed E-state index contributed by atoms with van der Waals surface area (Å²) in [5.41, 5.74) is 4.01. The van der Waals surface area contributed by atoms with Crippen molar-refractivity contribution in [2.45, 2.75) is 25.8 Å². The second kappa shape index (κ2) is 5.91. The van der Waals surface area contributed by atoms with E-state index in [1.165, 1.54) is 5.56 Å². The van der Waals surface area contributed by atoms with Crippen molar-refractivity contribution in [2.24, 2.45) is 0 Å². The molecule has 0 spiro atoms. The highest BCUT2D eigenvalue weighted by molar-refractivity contribution is 5.78. The van der Waals surface area contributed by atoms with Crippen LogP contribution in [0.2, 0.25) is 0 Å². The van der Waals surface area contributed by atoms with Gasteiger partial charge in [-0.1, -0.05) is 18.2 Å². The van der Waals surface area contributed by atoms with Gasteiger partial charge in [-0.2, -0.15) is 0 Å². The third-order valence-electron chi connectivity index (χ3n) is 3.67. The zero-order valence-corrected chi connectivity index (χ0v) is 12.0. The zero-order valence-electron chi connectivity index (χ0n) is 12.0. The molecule has 1 amide bonds. The molecule has 0 aliphatic carbocycles. The van der Waals surface area contributed by atoms with E-state index in [0.29, 0.717) is 13.0 Å². The highest BCUT2D eigenvalue weighted by atomic mass is 16.1. The van der Waals surface area contributed by atoms with Crippen LogP contribution < -0.4 is 10.6 Å². The van der Waals surface area contributed by atoms with Gasteiger partial charge in [0.2, 0.25) is 5.91 Å². The third kappa shape index (κ3) is 3.18. The summed E-state index contributed by atoms with van der Waals surface area (Å²) >= 11 is 0. The molecular formula is C16H18N4O. The maximum atomic E-state index is 12.1. The molecule has 0 saturated carbocycles. The molecular weight excluding hydrogens is 264 g/mol. The van der Waals surface area contributed by atoms with Crippen LogP contribution in [0.3, 0.4) is 0 Å². The summed E-state index contributed by atoms with van der Waals surface area (Å²) in [6.07, 6.45) is 3.89. The molecule has 0 fully saturated rings. The van der Waals surface area contributed by atoms with Gasteiger partial charge in [-0.15, -0.1) is 0 Å². The summed E-state index contributed by atoms with van der Waals surface area (Å²) in [7, 11) is 0. The summed E-state index contributed by atoms with van der Waals surface area (Å²) in [5.74, 6) is 0.284. The second-order valence-electron chi connectivity index (χ2n) is 5.30. The molecule has 2 aromatic rings. The number of para-hydroxylation sites is 1. The maximum absolute atomic E-state index is 12.1. The van der Waals surface area contributed by atoms with Gasteiger partial charge in [0.25, 0.3) is 0 Å². The number of carbonyl (C=O) groups excluding carboxylic acids is 1. The van der Waals surface area contributed by atoms with Gasteiger partial charge in [0, 0.05) is 30.8 Å². The van der Waals surface area contributed by atoms with Crippen LogP contribution in [0.4, 0.5) is 5.69 Å².